The Bertz CT molecular complexity index is 1650. The Kier molecular flexibility index (Phi) is 8.18. The number of aryl methyl sites for hydroxylation is 1. The Labute approximate surface area is 230 Å². The van der Waals surface area contributed by atoms with Crippen LogP contribution in [0.4, 0.5) is 0 Å². The van der Waals surface area contributed by atoms with Crippen molar-refractivity contribution in [2.24, 2.45) is 0 Å². The molecule has 4 aromatic heterocycles. The Morgan fingerprint density at radius 3 is 2.65 bits per heavy atom. The first-order valence-corrected chi connectivity index (χ1v) is 14.3. The van der Waals surface area contributed by atoms with Crippen LogP contribution < -0.4 is 15.4 Å². The molecule has 0 aliphatic carbocycles. The van der Waals surface area contributed by atoms with Gasteiger partial charge in [0.25, 0.3) is 5.56 Å². The summed E-state index contributed by atoms with van der Waals surface area (Å²) in [6.45, 7) is 3.21. The van der Waals surface area contributed by atoms with Crippen LogP contribution in [0.1, 0.15) is 18.3 Å². The van der Waals surface area contributed by atoms with Gasteiger partial charge in [-0.05, 0) is 24.6 Å². The van der Waals surface area contributed by atoms with Crippen molar-refractivity contribution in [3.8, 4) is 17.3 Å². The molecule has 212 valence electrons. The number of rotatable bonds is 10. The van der Waals surface area contributed by atoms with Crippen molar-refractivity contribution in [1.82, 2.24) is 34.0 Å². The van der Waals surface area contributed by atoms with Crippen LogP contribution in [0.2, 0.25) is 0 Å². The van der Waals surface area contributed by atoms with E-state index in [9.17, 15) is 18.4 Å². The number of aromatic nitrogens is 6. The average molecular weight is 571 g/mol. The first-order chi connectivity index (χ1) is 19.3. The Morgan fingerprint density at radius 1 is 1.15 bits per heavy atom. The van der Waals surface area contributed by atoms with Gasteiger partial charge in [0.1, 0.15) is 22.8 Å². The van der Waals surface area contributed by atoms with Crippen LogP contribution in [-0.4, -0.2) is 88.9 Å². The lowest BCUT2D eigenvalue weighted by atomic mass is 10.2. The summed E-state index contributed by atoms with van der Waals surface area (Å²) in [5.41, 5.74) is 1.77. The first-order valence-electron chi connectivity index (χ1n) is 12.9. The molecule has 0 aromatic carbocycles. The number of pyridine rings is 2. The van der Waals surface area contributed by atoms with Crippen LogP contribution in [0.15, 0.2) is 46.3 Å². The van der Waals surface area contributed by atoms with Gasteiger partial charge in [-0.3, -0.25) is 14.5 Å². The molecule has 15 heteroatoms. The highest BCUT2D eigenvalue weighted by Gasteiger charge is 2.30. The van der Waals surface area contributed by atoms with Crippen LogP contribution in [0.3, 0.4) is 0 Å². The molecule has 0 unspecified atom stereocenters. The molecular formula is C25H30N8O6S. The summed E-state index contributed by atoms with van der Waals surface area (Å²) < 4.78 is 40.6. The highest BCUT2D eigenvalue weighted by molar-refractivity contribution is 7.89. The number of ether oxygens (including phenoxy) is 2. The minimum absolute atomic E-state index is 0.0255. The number of piperazine rings is 1. The maximum atomic E-state index is 13.4. The van der Waals surface area contributed by atoms with Crippen LogP contribution in [0, 0.1) is 5.21 Å². The second kappa shape index (κ2) is 11.8. The van der Waals surface area contributed by atoms with Crippen molar-refractivity contribution in [2.75, 3.05) is 46.5 Å². The van der Waals surface area contributed by atoms with E-state index in [1.807, 2.05) is 25.1 Å². The number of H-pyrrole nitrogens is 1. The molecule has 1 fully saturated rings. The molecule has 1 aliphatic heterocycles. The highest BCUT2D eigenvalue weighted by Crippen LogP contribution is 2.30. The van der Waals surface area contributed by atoms with Gasteiger partial charge in [-0.1, -0.05) is 13.0 Å². The van der Waals surface area contributed by atoms with Gasteiger partial charge < -0.3 is 24.7 Å². The fourth-order valence-electron chi connectivity index (χ4n) is 4.52. The maximum absolute atomic E-state index is 13.4. The number of methoxy groups -OCH3 is 1. The Balaban J connectivity index is 1.60. The summed E-state index contributed by atoms with van der Waals surface area (Å²) in [6, 6.07) is 6.95. The standard InChI is InChI=1S/C25H30N8O6S/c1-3-20-21-22(30-33(20)16-17-6-4-5-7-26-17)24(34)29-23(28-21)19-14-18(15-27-25(19)39-13-12-38-2)40(36,37)32-10-8-31(35)9-11-32/h4-7,14-15,31H,3,8-13,16H2,1-2H3,(H,28,29,34). The SMILES string of the molecule is CCc1c2nc(-c3cc(S(=O)(=O)N4CC[NH+]([O-])CC4)cnc3OCCOC)[nH]c(=O)c2nn1Cc1ccccn1. The van der Waals surface area contributed by atoms with Crippen molar-refractivity contribution in [3.63, 3.8) is 0 Å². The summed E-state index contributed by atoms with van der Waals surface area (Å²) in [7, 11) is -2.43. The van der Waals surface area contributed by atoms with Gasteiger partial charge in [-0.2, -0.15) is 9.40 Å². The molecule has 14 nitrogen and oxygen atoms in total. The monoisotopic (exact) mass is 570 g/mol. The van der Waals surface area contributed by atoms with E-state index in [0.717, 1.165) is 11.4 Å². The molecule has 5 rings (SSSR count). The van der Waals surface area contributed by atoms with Crippen molar-refractivity contribution < 1.29 is 23.0 Å². The Morgan fingerprint density at radius 2 is 1.95 bits per heavy atom. The molecule has 0 spiro atoms. The van der Waals surface area contributed by atoms with Gasteiger partial charge in [-0.25, -0.2) is 18.4 Å². The summed E-state index contributed by atoms with van der Waals surface area (Å²) in [5, 5.41) is 16.2. The number of hydrogen-bond donors (Lipinski definition) is 2. The van der Waals surface area contributed by atoms with E-state index in [-0.39, 0.29) is 72.1 Å². The van der Waals surface area contributed by atoms with E-state index in [0.29, 0.717) is 18.5 Å². The number of fused-ring (bicyclic) bond motifs is 1. The zero-order valence-electron chi connectivity index (χ0n) is 22.2. The molecule has 0 amide bonds. The van der Waals surface area contributed by atoms with E-state index in [2.05, 4.69) is 20.1 Å². The van der Waals surface area contributed by atoms with E-state index in [1.165, 1.54) is 23.7 Å². The van der Waals surface area contributed by atoms with Gasteiger partial charge in [-0.15, -0.1) is 0 Å². The fourth-order valence-corrected chi connectivity index (χ4v) is 5.94. The van der Waals surface area contributed by atoms with E-state index >= 15 is 0 Å². The van der Waals surface area contributed by atoms with Gasteiger partial charge >= 0.3 is 0 Å². The summed E-state index contributed by atoms with van der Waals surface area (Å²) in [4.78, 5) is 29.2. The van der Waals surface area contributed by atoms with E-state index < -0.39 is 15.6 Å². The quantitative estimate of drug-likeness (QED) is 0.189. The number of quaternary nitrogens is 1. The van der Waals surface area contributed by atoms with Crippen LogP contribution >= 0.6 is 0 Å². The van der Waals surface area contributed by atoms with Gasteiger partial charge in [0.05, 0.1) is 62.5 Å². The summed E-state index contributed by atoms with van der Waals surface area (Å²) >= 11 is 0. The maximum Gasteiger partial charge on any atom is 0.279 e. The van der Waals surface area contributed by atoms with Gasteiger partial charge in [0, 0.05) is 13.3 Å². The number of aromatic amines is 1. The van der Waals surface area contributed by atoms with Crippen LogP contribution in [-0.2, 0) is 27.7 Å². The lowest BCUT2D eigenvalue weighted by molar-refractivity contribution is -0.852. The molecule has 5 heterocycles. The lowest BCUT2D eigenvalue weighted by Gasteiger charge is -2.33. The summed E-state index contributed by atoms with van der Waals surface area (Å²) in [6.07, 6.45) is 3.43. The van der Waals surface area contributed by atoms with Crippen molar-refractivity contribution in [3.05, 3.63) is 63.6 Å². The predicted molar refractivity (Wildman–Crippen MR) is 144 cm³/mol. The molecule has 1 saturated heterocycles. The zero-order chi connectivity index (χ0) is 28.3. The number of hydroxylamine groups is 2. The normalized spacial score (nSPS) is 15.1. The molecule has 0 saturated carbocycles. The highest BCUT2D eigenvalue weighted by atomic mass is 32.2. The number of nitrogens with one attached hydrogen (secondary N) is 2. The van der Waals surface area contributed by atoms with Crippen molar-refractivity contribution in [1.29, 1.82) is 0 Å². The third-order valence-corrected chi connectivity index (χ3v) is 8.46. The number of sulfonamides is 1. The third kappa shape index (κ3) is 5.59. The molecule has 40 heavy (non-hydrogen) atoms. The lowest BCUT2D eigenvalue weighted by Crippen LogP contribution is -3.10. The number of nitrogens with zero attached hydrogens (tertiary/aromatic N) is 6. The van der Waals surface area contributed by atoms with Crippen molar-refractivity contribution >= 4 is 21.1 Å². The second-order valence-corrected chi connectivity index (χ2v) is 11.1. The van der Waals surface area contributed by atoms with Crippen LogP contribution in [0.5, 0.6) is 5.88 Å². The fraction of sp³-hybridized carbons (Fsp3) is 0.400. The minimum Gasteiger partial charge on any atom is -0.634 e. The van der Waals surface area contributed by atoms with Crippen molar-refractivity contribution in [2.45, 2.75) is 24.8 Å². The molecule has 2 N–H and O–H groups in total. The van der Waals surface area contributed by atoms with Gasteiger partial charge in [0.2, 0.25) is 15.9 Å². The number of hydrogen-bond acceptors (Lipinski definition) is 10. The second-order valence-electron chi connectivity index (χ2n) is 9.20. The first kappa shape index (κ1) is 27.8. The molecule has 0 radical (unpaired) electrons. The topological polar surface area (TPSA) is 173 Å². The van der Waals surface area contributed by atoms with E-state index in [4.69, 9.17) is 14.5 Å². The average Bonchev–Trinajstić information content (AvgIpc) is 3.31. The molecule has 4 aromatic rings. The van der Waals surface area contributed by atoms with E-state index in [1.54, 1.807) is 10.9 Å². The molecule has 0 atom stereocenters. The molecule has 0 bridgehead atoms. The predicted octanol–water partition coefficient (Wildman–Crippen LogP) is -0.400. The zero-order valence-corrected chi connectivity index (χ0v) is 23.0. The summed E-state index contributed by atoms with van der Waals surface area (Å²) in [5.74, 6) is 0.182. The molecular weight excluding hydrogens is 540 g/mol. The Hall–Kier alpha value is -3.76. The van der Waals surface area contributed by atoms with Crippen LogP contribution in [0.25, 0.3) is 22.4 Å². The smallest absolute Gasteiger partial charge is 0.279 e. The third-order valence-electron chi connectivity index (χ3n) is 6.60. The van der Waals surface area contributed by atoms with Gasteiger partial charge in [0.15, 0.2) is 5.52 Å². The molecule has 1 aliphatic rings. The minimum atomic E-state index is -3.96. The largest absolute Gasteiger partial charge is 0.634 e.